The Kier molecular flexibility index (Phi) is 5.31. The number of aromatic nitrogens is 2. The van der Waals surface area contributed by atoms with E-state index >= 15 is 0 Å². The first kappa shape index (κ1) is 15.2. The zero-order valence-corrected chi connectivity index (χ0v) is 13.2. The highest BCUT2D eigenvalue weighted by atomic mass is 15.3. The molecule has 1 aromatic heterocycles. The van der Waals surface area contributed by atoms with Crippen LogP contribution in [0.25, 0.3) is 0 Å². The fourth-order valence-corrected chi connectivity index (χ4v) is 2.37. The van der Waals surface area contributed by atoms with Crippen molar-refractivity contribution in [2.24, 2.45) is 0 Å². The largest absolute Gasteiger partial charge is 0.339 e. The molecule has 0 radical (unpaired) electrons. The van der Waals surface area contributed by atoms with Gasteiger partial charge in [-0.05, 0) is 26.9 Å². The minimum Gasteiger partial charge on any atom is -0.339 e. The summed E-state index contributed by atoms with van der Waals surface area (Å²) in [6.07, 6.45) is 3.15. The first-order chi connectivity index (χ1) is 9.56. The molecule has 0 amide bonds. The van der Waals surface area contributed by atoms with E-state index in [9.17, 15) is 0 Å². The average Bonchev–Trinajstić information content (AvgIpc) is 2.62. The summed E-state index contributed by atoms with van der Waals surface area (Å²) in [5.41, 5.74) is 2.27. The van der Waals surface area contributed by atoms with Crippen molar-refractivity contribution in [1.82, 2.24) is 20.2 Å². The van der Waals surface area contributed by atoms with Crippen molar-refractivity contribution in [1.29, 1.82) is 0 Å². The fraction of sp³-hybridized carbons (Fsp3) is 0.733. The van der Waals surface area contributed by atoms with Crippen molar-refractivity contribution in [2.45, 2.75) is 39.8 Å². The van der Waals surface area contributed by atoms with E-state index in [4.69, 9.17) is 4.98 Å². The molecule has 0 aromatic carbocycles. The Morgan fingerprint density at radius 3 is 2.75 bits per heavy atom. The van der Waals surface area contributed by atoms with E-state index in [1.54, 1.807) is 0 Å². The van der Waals surface area contributed by atoms with Crippen molar-refractivity contribution >= 4 is 5.95 Å². The Balaban J connectivity index is 2.04. The monoisotopic (exact) mass is 277 g/mol. The highest BCUT2D eigenvalue weighted by molar-refractivity contribution is 5.33. The first-order valence-electron chi connectivity index (χ1n) is 7.55. The number of aryl methyl sites for hydroxylation is 1. The lowest BCUT2D eigenvalue weighted by Crippen LogP contribution is -2.30. The molecule has 1 fully saturated rings. The van der Waals surface area contributed by atoms with Gasteiger partial charge in [0.2, 0.25) is 5.95 Å². The van der Waals surface area contributed by atoms with Gasteiger partial charge in [-0.3, -0.25) is 0 Å². The van der Waals surface area contributed by atoms with Crippen LogP contribution in [-0.4, -0.2) is 54.1 Å². The second-order valence-electron chi connectivity index (χ2n) is 5.96. The molecule has 2 rings (SSSR count). The number of likely N-dealkylation sites (N-methyl/N-ethyl adjacent to an activating group) is 1. The van der Waals surface area contributed by atoms with Crippen LogP contribution in [0.1, 0.15) is 31.5 Å². The molecule has 0 unspecified atom stereocenters. The topological polar surface area (TPSA) is 44.3 Å². The molecule has 5 nitrogen and oxygen atoms in total. The maximum Gasteiger partial charge on any atom is 0.225 e. The van der Waals surface area contributed by atoms with E-state index < -0.39 is 0 Å². The molecule has 1 aliphatic heterocycles. The van der Waals surface area contributed by atoms with Gasteiger partial charge in [0.15, 0.2) is 0 Å². The summed E-state index contributed by atoms with van der Waals surface area (Å²) in [5, 5.41) is 3.42. The number of nitrogens with one attached hydrogen (secondary N) is 1. The lowest BCUT2D eigenvalue weighted by atomic mass is 10.2. The van der Waals surface area contributed by atoms with Crippen LogP contribution in [0.15, 0.2) is 6.20 Å². The molecule has 20 heavy (non-hydrogen) atoms. The third-order valence-corrected chi connectivity index (χ3v) is 3.77. The second-order valence-corrected chi connectivity index (χ2v) is 5.96. The van der Waals surface area contributed by atoms with Crippen LogP contribution in [0, 0.1) is 6.92 Å². The van der Waals surface area contributed by atoms with Crippen LogP contribution >= 0.6 is 0 Å². The third kappa shape index (κ3) is 4.15. The summed E-state index contributed by atoms with van der Waals surface area (Å²) >= 11 is 0. The third-order valence-electron chi connectivity index (χ3n) is 3.77. The van der Waals surface area contributed by atoms with E-state index in [-0.39, 0.29) is 0 Å². The standard InChI is InChI=1S/C15H27N5/c1-12(2)16-10-14-11-17-15(18-13(14)3)20-7-5-6-19(4)8-9-20/h11-12,16H,5-10H2,1-4H3. The molecule has 0 aliphatic carbocycles. The van der Waals surface area contributed by atoms with Crippen LogP contribution in [0.2, 0.25) is 0 Å². The highest BCUT2D eigenvalue weighted by Crippen LogP contribution is 2.13. The maximum absolute atomic E-state index is 4.70. The number of hydrogen-bond acceptors (Lipinski definition) is 5. The molecule has 112 valence electrons. The molecule has 1 aliphatic rings. The van der Waals surface area contributed by atoms with Crippen LogP contribution in [-0.2, 0) is 6.54 Å². The van der Waals surface area contributed by atoms with Gasteiger partial charge in [-0.1, -0.05) is 13.8 Å². The zero-order valence-electron chi connectivity index (χ0n) is 13.2. The van der Waals surface area contributed by atoms with Gasteiger partial charge < -0.3 is 15.1 Å². The Morgan fingerprint density at radius 2 is 2.05 bits per heavy atom. The Bertz CT molecular complexity index is 432. The molecule has 5 heteroatoms. The van der Waals surface area contributed by atoms with Gasteiger partial charge in [0, 0.05) is 49.7 Å². The number of anilines is 1. The second kappa shape index (κ2) is 6.99. The highest BCUT2D eigenvalue weighted by Gasteiger charge is 2.15. The molecular weight excluding hydrogens is 250 g/mol. The molecule has 0 atom stereocenters. The summed E-state index contributed by atoms with van der Waals surface area (Å²) in [5.74, 6) is 0.881. The number of rotatable bonds is 4. The molecule has 1 aromatic rings. The average molecular weight is 277 g/mol. The van der Waals surface area contributed by atoms with E-state index in [1.165, 1.54) is 12.0 Å². The molecule has 0 bridgehead atoms. The molecular formula is C15H27N5. The summed E-state index contributed by atoms with van der Waals surface area (Å²) < 4.78 is 0. The smallest absolute Gasteiger partial charge is 0.225 e. The van der Waals surface area contributed by atoms with Crippen molar-refractivity contribution in [3.8, 4) is 0 Å². The van der Waals surface area contributed by atoms with Crippen molar-refractivity contribution in [3.63, 3.8) is 0 Å². The molecule has 0 saturated carbocycles. The number of hydrogen-bond donors (Lipinski definition) is 1. The van der Waals surface area contributed by atoms with E-state index in [2.05, 4.69) is 47.9 Å². The molecule has 1 N–H and O–H groups in total. The predicted octanol–water partition coefficient (Wildman–Crippen LogP) is 1.42. The maximum atomic E-state index is 4.70. The summed E-state index contributed by atoms with van der Waals surface area (Å²) in [7, 11) is 2.18. The van der Waals surface area contributed by atoms with Crippen LogP contribution < -0.4 is 10.2 Å². The summed E-state index contributed by atoms with van der Waals surface area (Å²) in [6.45, 7) is 11.5. The molecule has 2 heterocycles. The van der Waals surface area contributed by atoms with Crippen molar-refractivity contribution < 1.29 is 0 Å². The lowest BCUT2D eigenvalue weighted by Gasteiger charge is -2.21. The van der Waals surface area contributed by atoms with Gasteiger partial charge in [0.1, 0.15) is 0 Å². The van der Waals surface area contributed by atoms with Crippen molar-refractivity contribution in [3.05, 3.63) is 17.5 Å². The number of nitrogens with zero attached hydrogens (tertiary/aromatic N) is 4. The molecule has 0 spiro atoms. The quantitative estimate of drug-likeness (QED) is 0.902. The summed E-state index contributed by atoms with van der Waals surface area (Å²) in [4.78, 5) is 13.9. The first-order valence-corrected chi connectivity index (χ1v) is 7.55. The van der Waals surface area contributed by atoms with Gasteiger partial charge in [0.05, 0.1) is 0 Å². The minimum absolute atomic E-state index is 0.482. The minimum atomic E-state index is 0.482. The van der Waals surface area contributed by atoms with Gasteiger partial charge >= 0.3 is 0 Å². The zero-order chi connectivity index (χ0) is 14.5. The van der Waals surface area contributed by atoms with Gasteiger partial charge in [-0.25, -0.2) is 9.97 Å². The Hall–Kier alpha value is -1.20. The summed E-state index contributed by atoms with van der Waals surface area (Å²) in [6, 6.07) is 0.482. The normalized spacial score (nSPS) is 17.6. The Morgan fingerprint density at radius 1 is 1.25 bits per heavy atom. The van der Waals surface area contributed by atoms with Crippen LogP contribution in [0.4, 0.5) is 5.95 Å². The van der Waals surface area contributed by atoms with Gasteiger partial charge in [-0.15, -0.1) is 0 Å². The SMILES string of the molecule is Cc1nc(N2CCCN(C)CC2)ncc1CNC(C)C. The van der Waals surface area contributed by atoms with Gasteiger partial charge in [-0.2, -0.15) is 0 Å². The van der Waals surface area contributed by atoms with Crippen LogP contribution in [0.5, 0.6) is 0 Å². The van der Waals surface area contributed by atoms with Crippen LogP contribution in [0.3, 0.4) is 0 Å². The van der Waals surface area contributed by atoms with E-state index in [0.717, 1.165) is 44.4 Å². The lowest BCUT2D eigenvalue weighted by molar-refractivity contribution is 0.360. The predicted molar refractivity (Wildman–Crippen MR) is 83.1 cm³/mol. The van der Waals surface area contributed by atoms with Crippen molar-refractivity contribution in [2.75, 3.05) is 38.1 Å². The van der Waals surface area contributed by atoms with E-state index in [0.29, 0.717) is 6.04 Å². The molecule has 1 saturated heterocycles. The van der Waals surface area contributed by atoms with Gasteiger partial charge in [0.25, 0.3) is 0 Å². The Labute approximate surface area is 122 Å². The van der Waals surface area contributed by atoms with E-state index in [1.807, 2.05) is 6.20 Å². The fourth-order valence-electron chi connectivity index (χ4n) is 2.37.